The maximum Gasteiger partial charge on any atom is 0.166 e. The van der Waals surface area contributed by atoms with E-state index in [1.165, 1.54) is 0 Å². The molecular formula is C49H30N8. The normalized spacial score (nSPS) is 11.1. The van der Waals surface area contributed by atoms with Crippen LogP contribution in [0.3, 0.4) is 0 Å². The Morgan fingerprint density at radius 1 is 0.351 bits per heavy atom. The number of fused-ring (bicyclic) bond motifs is 3. The predicted octanol–water partition coefficient (Wildman–Crippen LogP) is 11.0. The van der Waals surface area contributed by atoms with Crippen molar-refractivity contribution < 1.29 is 0 Å². The van der Waals surface area contributed by atoms with E-state index in [0.717, 1.165) is 60.9 Å². The van der Waals surface area contributed by atoms with Gasteiger partial charge in [-0.1, -0.05) is 140 Å². The first-order chi connectivity index (χ1) is 28.2. The van der Waals surface area contributed by atoms with Crippen LogP contribution in [0.1, 0.15) is 5.56 Å². The van der Waals surface area contributed by atoms with Crippen LogP contribution in [-0.4, -0.2) is 34.5 Å². The molecule has 0 saturated heterocycles. The average Bonchev–Trinajstić information content (AvgIpc) is 3.63. The van der Waals surface area contributed by atoms with Crippen LogP contribution in [0.4, 0.5) is 0 Å². The third-order valence-electron chi connectivity index (χ3n) is 9.94. The van der Waals surface area contributed by atoms with Crippen molar-refractivity contribution in [1.29, 1.82) is 5.26 Å². The number of aromatic nitrogens is 7. The van der Waals surface area contributed by atoms with Gasteiger partial charge >= 0.3 is 0 Å². The summed E-state index contributed by atoms with van der Waals surface area (Å²) in [6, 6.07) is 62.4. The summed E-state index contributed by atoms with van der Waals surface area (Å²) in [5.41, 5.74) is 8.39. The van der Waals surface area contributed by atoms with Crippen LogP contribution in [0.5, 0.6) is 0 Å². The zero-order valence-corrected chi connectivity index (χ0v) is 30.4. The second-order valence-electron chi connectivity index (χ2n) is 13.5. The lowest BCUT2D eigenvalue weighted by Gasteiger charge is -2.16. The van der Waals surface area contributed by atoms with E-state index in [-0.39, 0.29) is 0 Å². The molecule has 8 heteroatoms. The summed E-state index contributed by atoms with van der Waals surface area (Å²) in [5, 5.41) is 11.9. The van der Waals surface area contributed by atoms with Gasteiger partial charge in [-0.05, 0) is 42.5 Å². The molecule has 0 aliphatic rings. The van der Waals surface area contributed by atoms with Gasteiger partial charge in [0.1, 0.15) is 0 Å². The molecule has 0 spiro atoms. The van der Waals surface area contributed by atoms with Crippen molar-refractivity contribution in [2.75, 3.05) is 0 Å². The van der Waals surface area contributed by atoms with Gasteiger partial charge in [0.2, 0.25) is 0 Å². The molecule has 3 aromatic heterocycles. The van der Waals surface area contributed by atoms with E-state index in [1.54, 1.807) is 0 Å². The Morgan fingerprint density at radius 3 is 1.26 bits per heavy atom. The molecule has 0 N–H and O–H groups in total. The molecule has 10 rings (SSSR count). The number of hydrogen-bond donors (Lipinski definition) is 0. The van der Waals surface area contributed by atoms with Crippen LogP contribution in [0, 0.1) is 11.3 Å². The molecule has 266 valence electrons. The Balaban J connectivity index is 1.27. The highest BCUT2D eigenvalue weighted by Crippen LogP contribution is 2.38. The molecule has 57 heavy (non-hydrogen) atoms. The number of nitrogens with zero attached hydrogens (tertiary/aromatic N) is 8. The average molecular weight is 731 g/mol. The van der Waals surface area contributed by atoms with Crippen LogP contribution in [0.25, 0.3) is 95.8 Å². The summed E-state index contributed by atoms with van der Waals surface area (Å²) in [6.07, 6.45) is 0. The summed E-state index contributed by atoms with van der Waals surface area (Å²) in [5.74, 6) is 3.23. The Hall–Kier alpha value is -8.15. The zero-order valence-electron chi connectivity index (χ0n) is 30.4. The topological polar surface area (TPSA) is 106 Å². The van der Waals surface area contributed by atoms with Gasteiger partial charge in [0.25, 0.3) is 0 Å². The molecule has 0 aliphatic carbocycles. The van der Waals surface area contributed by atoms with Gasteiger partial charge in [-0.25, -0.2) is 29.9 Å². The maximum atomic E-state index is 9.85. The predicted molar refractivity (Wildman–Crippen MR) is 225 cm³/mol. The van der Waals surface area contributed by atoms with Crippen molar-refractivity contribution in [3.63, 3.8) is 0 Å². The molecule has 0 unspecified atom stereocenters. The number of hydrogen-bond acceptors (Lipinski definition) is 7. The van der Waals surface area contributed by atoms with Crippen molar-refractivity contribution in [2.24, 2.45) is 0 Å². The first-order valence-corrected chi connectivity index (χ1v) is 18.5. The molecule has 0 bridgehead atoms. The van der Waals surface area contributed by atoms with E-state index in [9.17, 15) is 5.26 Å². The van der Waals surface area contributed by atoms with Gasteiger partial charge in [0.05, 0.1) is 28.4 Å². The second-order valence-corrected chi connectivity index (χ2v) is 13.5. The highest BCUT2D eigenvalue weighted by atomic mass is 15.1. The highest BCUT2D eigenvalue weighted by Gasteiger charge is 2.22. The fourth-order valence-corrected chi connectivity index (χ4v) is 7.22. The Morgan fingerprint density at radius 2 is 0.772 bits per heavy atom. The molecule has 10 aromatic rings. The molecule has 3 heterocycles. The van der Waals surface area contributed by atoms with E-state index < -0.39 is 0 Å². The largest absolute Gasteiger partial charge is 0.308 e. The van der Waals surface area contributed by atoms with E-state index in [2.05, 4.69) is 34.9 Å². The Kier molecular flexibility index (Phi) is 8.36. The van der Waals surface area contributed by atoms with Gasteiger partial charge in [-0.3, -0.25) is 0 Å². The van der Waals surface area contributed by atoms with Crippen LogP contribution >= 0.6 is 0 Å². The second kappa shape index (κ2) is 14.3. The van der Waals surface area contributed by atoms with Crippen molar-refractivity contribution in [3.05, 3.63) is 188 Å². The quantitative estimate of drug-likeness (QED) is 0.161. The van der Waals surface area contributed by atoms with Crippen LogP contribution in [0.2, 0.25) is 0 Å². The summed E-state index contributed by atoms with van der Waals surface area (Å²) in [7, 11) is 0. The molecule has 0 radical (unpaired) electrons. The third kappa shape index (κ3) is 6.25. The van der Waals surface area contributed by atoms with Gasteiger partial charge in [0, 0.05) is 44.2 Å². The zero-order chi connectivity index (χ0) is 38.1. The summed E-state index contributed by atoms with van der Waals surface area (Å²) < 4.78 is 2.22. The maximum absolute atomic E-state index is 9.85. The smallest absolute Gasteiger partial charge is 0.166 e. The Bertz CT molecular complexity index is 3010. The number of benzene rings is 7. The van der Waals surface area contributed by atoms with Crippen LogP contribution < -0.4 is 0 Å². The van der Waals surface area contributed by atoms with Gasteiger partial charge in [-0.15, -0.1) is 0 Å². The minimum absolute atomic E-state index is 0.486. The molecular weight excluding hydrogens is 701 g/mol. The summed E-state index contributed by atoms with van der Waals surface area (Å²) >= 11 is 0. The lowest BCUT2D eigenvalue weighted by atomic mass is 10.1. The molecule has 7 aromatic carbocycles. The van der Waals surface area contributed by atoms with Gasteiger partial charge in [-0.2, -0.15) is 5.26 Å². The monoisotopic (exact) mass is 730 g/mol. The van der Waals surface area contributed by atoms with E-state index in [4.69, 9.17) is 29.9 Å². The minimum atomic E-state index is 0.486. The molecule has 0 amide bonds. The number of para-hydroxylation sites is 1. The first-order valence-electron chi connectivity index (χ1n) is 18.5. The molecule has 8 nitrogen and oxygen atoms in total. The van der Waals surface area contributed by atoms with E-state index >= 15 is 0 Å². The Labute approximate surface area is 328 Å². The third-order valence-corrected chi connectivity index (χ3v) is 9.94. The first kappa shape index (κ1) is 33.4. The fourth-order valence-electron chi connectivity index (χ4n) is 7.22. The van der Waals surface area contributed by atoms with Crippen LogP contribution in [-0.2, 0) is 0 Å². The van der Waals surface area contributed by atoms with Crippen molar-refractivity contribution in [1.82, 2.24) is 34.5 Å². The van der Waals surface area contributed by atoms with Crippen LogP contribution in [0.15, 0.2) is 182 Å². The molecule has 0 aliphatic heterocycles. The standard InChI is InChI=1S/C49H30N8/c50-31-32-25-27-42-39(29-32)38-23-13-14-24-41(38)57(42)43-28-26-37(48-53-44(33-15-5-1-6-16-33)51-45(54-48)34-17-7-2-8-18-34)30-40(43)49-55-46(35-19-9-3-10-20-35)52-47(56-49)36-21-11-4-12-22-36/h1-30H. The van der Waals surface area contributed by atoms with Crippen molar-refractivity contribution >= 4 is 21.8 Å². The lowest BCUT2D eigenvalue weighted by molar-refractivity contribution is 1.06. The van der Waals surface area contributed by atoms with Crippen molar-refractivity contribution in [2.45, 2.75) is 0 Å². The van der Waals surface area contributed by atoms with Crippen molar-refractivity contribution in [3.8, 4) is 80.1 Å². The highest BCUT2D eigenvalue weighted by molar-refractivity contribution is 6.10. The number of rotatable bonds is 7. The molecule has 0 saturated carbocycles. The van der Waals surface area contributed by atoms with E-state index in [0.29, 0.717) is 40.5 Å². The van der Waals surface area contributed by atoms with Gasteiger partial charge < -0.3 is 4.57 Å². The lowest BCUT2D eigenvalue weighted by Crippen LogP contribution is -2.05. The summed E-state index contributed by atoms with van der Waals surface area (Å²) in [6.45, 7) is 0. The SMILES string of the molecule is N#Cc1ccc2c(c1)c1ccccc1n2-c1ccc(-c2nc(-c3ccccc3)nc(-c3ccccc3)n2)cc1-c1nc(-c2ccccc2)nc(-c2ccccc2)n1. The number of nitriles is 1. The fraction of sp³-hybridized carbons (Fsp3) is 0. The van der Waals surface area contributed by atoms with E-state index in [1.807, 2.05) is 158 Å². The molecule has 0 fully saturated rings. The molecule has 0 atom stereocenters. The summed E-state index contributed by atoms with van der Waals surface area (Å²) in [4.78, 5) is 30.4. The minimum Gasteiger partial charge on any atom is -0.308 e. The van der Waals surface area contributed by atoms with Gasteiger partial charge in [0.15, 0.2) is 34.9 Å².